The zero-order valence-corrected chi connectivity index (χ0v) is 14.8. The van der Waals surface area contributed by atoms with Gasteiger partial charge < -0.3 is 20.2 Å². The Morgan fingerprint density at radius 2 is 1.88 bits per heavy atom. The normalized spacial score (nSPS) is 20.0. The molecule has 0 aliphatic carbocycles. The Morgan fingerprint density at radius 1 is 1.16 bits per heavy atom. The van der Waals surface area contributed by atoms with Gasteiger partial charge in [-0.25, -0.2) is 0 Å². The summed E-state index contributed by atoms with van der Waals surface area (Å²) in [5.41, 5.74) is 0.945. The van der Waals surface area contributed by atoms with E-state index in [1.165, 1.54) is 12.5 Å². The maximum atomic E-state index is 12.4. The van der Waals surface area contributed by atoms with Gasteiger partial charge in [0.25, 0.3) is 0 Å². The molecule has 1 aromatic rings. The number of carbonyl (C=O) groups is 2. The summed E-state index contributed by atoms with van der Waals surface area (Å²) in [6, 6.07) is 6.41. The van der Waals surface area contributed by atoms with Crippen molar-refractivity contribution in [2.75, 3.05) is 38.5 Å². The van der Waals surface area contributed by atoms with Crippen molar-refractivity contribution < 1.29 is 14.7 Å². The van der Waals surface area contributed by atoms with Crippen LogP contribution in [0, 0.1) is 5.41 Å². The molecule has 1 aromatic carbocycles. The minimum Gasteiger partial charge on any atom is -0.508 e. The largest absolute Gasteiger partial charge is 0.508 e. The van der Waals surface area contributed by atoms with Gasteiger partial charge in [0.2, 0.25) is 11.8 Å². The zero-order chi connectivity index (χ0) is 17.9. The van der Waals surface area contributed by atoms with E-state index in [4.69, 9.17) is 0 Å². The maximum Gasteiger partial charge on any atom is 0.224 e. The molecule has 2 aliphatic heterocycles. The predicted octanol–water partition coefficient (Wildman–Crippen LogP) is 2.06. The molecular weight excluding hydrogens is 318 g/mol. The number of hydrogen-bond donors (Lipinski definition) is 2. The highest BCUT2D eigenvalue weighted by atomic mass is 16.3. The van der Waals surface area contributed by atoms with Crippen LogP contribution in [0.15, 0.2) is 24.3 Å². The number of nitrogens with one attached hydrogen (secondary N) is 1. The van der Waals surface area contributed by atoms with Crippen LogP contribution in [0.4, 0.5) is 5.69 Å². The Hall–Kier alpha value is -2.08. The summed E-state index contributed by atoms with van der Waals surface area (Å²) in [6.07, 6.45) is 3.77. The third-order valence-electron chi connectivity index (χ3n) is 5.50. The van der Waals surface area contributed by atoms with E-state index in [0.29, 0.717) is 11.1 Å². The Bertz CT molecular complexity index is 639. The summed E-state index contributed by atoms with van der Waals surface area (Å²) in [5, 5.41) is 12.1. The second-order valence-corrected chi connectivity index (χ2v) is 7.47. The highest BCUT2D eigenvalue weighted by molar-refractivity contribution is 5.93. The van der Waals surface area contributed by atoms with E-state index in [1.807, 2.05) is 4.90 Å². The van der Waals surface area contributed by atoms with Crippen molar-refractivity contribution in [1.82, 2.24) is 9.80 Å². The van der Waals surface area contributed by atoms with Crippen LogP contribution in [0.25, 0.3) is 0 Å². The highest BCUT2D eigenvalue weighted by Gasteiger charge is 2.40. The minimum absolute atomic E-state index is 0.0623. The Balaban J connectivity index is 1.41. The SMILES string of the molecule is CN1CCC2(CCN(C(=O)CCC(=O)Nc3cccc(O)c3)CC2)C1. The average Bonchev–Trinajstić information content (AvgIpc) is 2.94. The Kier molecular flexibility index (Phi) is 5.27. The van der Waals surface area contributed by atoms with Gasteiger partial charge in [0.05, 0.1) is 0 Å². The summed E-state index contributed by atoms with van der Waals surface area (Å²) >= 11 is 0. The molecule has 2 aliphatic rings. The summed E-state index contributed by atoms with van der Waals surface area (Å²) in [4.78, 5) is 28.6. The van der Waals surface area contributed by atoms with Gasteiger partial charge in [0.1, 0.15) is 5.75 Å². The number of amides is 2. The number of piperidine rings is 1. The van der Waals surface area contributed by atoms with E-state index in [1.54, 1.807) is 18.2 Å². The molecule has 2 N–H and O–H groups in total. The molecule has 3 rings (SSSR count). The van der Waals surface area contributed by atoms with Crippen LogP contribution in [0.5, 0.6) is 5.75 Å². The van der Waals surface area contributed by atoms with E-state index in [0.717, 1.165) is 39.0 Å². The first-order chi connectivity index (χ1) is 12.0. The van der Waals surface area contributed by atoms with Crippen molar-refractivity contribution in [2.45, 2.75) is 32.1 Å². The zero-order valence-electron chi connectivity index (χ0n) is 14.8. The number of phenolic OH excluding ortho intramolecular Hbond substituents is 1. The molecule has 2 fully saturated rings. The van der Waals surface area contributed by atoms with Crippen molar-refractivity contribution >= 4 is 17.5 Å². The topological polar surface area (TPSA) is 72.9 Å². The standard InChI is InChI=1S/C19H27N3O3/c1-21-10-7-19(14-21)8-11-22(12-9-19)18(25)6-5-17(24)20-15-3-2-4-16(23)13-15/h2-4,13,23H,5-12,14H2,1H3,(H,20,24). The third kappa shape index (κ3) is 4.51. The van der Waals surface area contributed by atoms with Gasteiger partial charge in [-0.15, -0.1) is 0 Å². The lowest BCUT2D eigenvalue weighted by atomic mass is 9.77. The van der Waals surface area contributed by atoms with Gasteiger partial charge in [-0.3, -0.25) is 9.59 Å². The van der Waals surface area contributed by atoms with Crippen molar-refractivity contribution in [1.29, 1.82) is 0 Å². The second-order valence-electron chi connectivity index (χ2n) is 7.47. The monoisotopic (exact) mass is 345 g/mol. The number of aromatic hydroxyl groups is 1. The number of anilines is 1. The van der Waals surface area contributed by atoms with Crippen LogP contribution in [-0.4, -0.2) is 59.9 Å². The van der Waals surface area contributed by atoms with Crippen molar-refractivity contribution in [2.24, 2.45) is 5.41 Å². The smallest absolute Gasteiger partial charge is 0.224 e. The third-order valence-corrected chi connectivity index (χ3v) is 5.50. The number of rotatable bonds is 4. The van der Waals surface area contributed by atoms with E-state index in [2.05, 4.69) is 17.3 Å². The first-order valence-electron chi connectivity index (χ1n) is 9.01. The maximum absolute atomic E-state index is 12.4. The molecule has 0 atom stereocenters. The van der Waals surface area contributed by atoms with E-state index in [-0.39, 0.29) is 30.4 Å². The number of carbonyl (C=O) groups excluding carboxylic acids is 2. The first kappa shape index (κ1) is 17.7. The van der Waals surface area contributed by atoms with E-state index >= 15 is 0 Å². The molecule has 0 bridgehead atoms. The molecule has 2 amide bonds. The molecular formula is C19H27N3O3. The number of phenols is 1. The number of hydrogen-bond acceptors (Lipinski definition) is 4. The van der Waals surface area contributed by atoms with Crippen LogP contribution in [-0.2, 0) is 9.59 Å². The highest BCUT2D eigenvalue weighted by Crippen LogP contribution is 2.39. The molecule has 6 nitrogen and oxygen atoms in total. The van der Waals surface area contributed by atoms with Gasteiger partial charge in [0, 0.05) is 44.2 Å². The van der Waals surface area contributed by atoms with Crippen LogP contribution < -0.4 is 5.32 Å². The quantitative estimate of drug-likeness (QED) is 0.876. The first-order valence-corrected chi connectivity index (χ1v) is 9.01. The summed E-state index contributed by atoms with van der Waals surface area (Å²) in [7, 11) is 2.16. The molecule has 2 heterocycles. The second kappa shape index (κ2) is 7.44. The lowest BCUT2D eigenvalue weighted by Gasteiger charge is -2.39. The Morgan fingerprint density at radius 3 is 2.52 bits per heavy atom. The van der Waals surface area contributed by atoms with Crippen LogP contribution in [0.2, 0.25) is 0 Å². The number of benzene rings is 1. The van der Waals surface area contributed by atoms with Gasteiger partial charge >= 0.3 is 0 Å². The van der Waals surface area contributed by atoms with Gasteiger partial charge in [-0.1, -0.05) is 6.07 Å². The average molecular weight is 345 g/mol. The van der Waals surface area contributed by atoms with Crippen molar-refractivity contribution in [3.05, 3.63) is 24.3 Å². The lowest BCUT2D eigenvalue weighted by Crippen LogP contribution is -2.44. The van der Waals surface area contributed by atoms with Gasteiger partial charge in [-0.05, 0) is 50.4 Å². The Labute approximate surface area is 148 Å². The fraction of sp³-hybridized carbons (Fsp3) is 0.579. The van der Waals surface area contributed by atoms with Crippen molar-refractivity contribution in [3.63, 3.8) is 0 Å². The van der Waals surface area contributed by atoms with Gasteiger partial charge in [-0.2, -0.15) is 0 Å². The summed E-state index contributed by atoms with van der Waals surface area (Å²) in [6.45, 7) is 3.91. The predicted molar refractivity (Wildman–Crippen MR) is 96.3 cm³/mol. The molecule has 0 unspecified atom stereocenters. The van der Waals surface area contributed by atoms with Crippen LogP contribution in [0.3, 0.4) is 0 Å². The fourth-order valence-electron chi connectivity index (χ4n) is 3.98. The molecule has 136 valence electrons. The molecule has 0 radical (unpaired) electrons. The number of nitrogens with zero attached hydrogens (tertiary/aromatic N) is 2. The molecule has 25 heavy (non-hydrogen) atoms. The summed E-state index contributed by atoms with van der Waals surface area (Å²) in [5.74, 6) is -0.0363. The molecule has 2 saturated heterocycles. The number of likely N-dealkylation sites (tertiary alicyclic amines) is 2. The van der Waals surface area contributed by atoms with Crippen LogP contribution >= 0.6 is 0 Å². The van der Waals surface area contributed by atoms with Crippen LogP contribution in [0.1, 0.15) is 32.1 Å². The summed E-state index contributed by atoms with van der Waals surface area (Å²) < 4.78 is 0. The molecule has 1 spiro atoms. The molecule has 0 saturated carbocycles. The van der Waals surface area contributed by atoms with E-state index in [9.17, 15) is 14.7 Å². The lowest BCUT2D eigenvalue weighted by molar-refractivity contribution is -0.134. The molecule has 0 aromatic heterocycles. The molecule has 6 heteroatoms. The van der Waals surface area contributed by atoms with Gasteiger partial charge in [0.15, 0.2) is 0 Å². The minimum atomic E-state index is -0.204. The van der Waals surface area contributed by atoms with E-state index < -0.39 is 0 Å². The van der Waals surface area contributed by atoms with Crippen molar-refractivity contribution in [3.8, 4) is 5.75 Å². The fourth-order valence-corrected chi connectivity index (χ4v) is 3.98.